The highest BCUT2D eigenvalue weighted by Crippen LogP contribution is 2.34. The van der Waals surface area contributed by atoms with E-state index in [-0.39, 0.29) is 36.0 Å². The van der Waals surface area contributed by atoms with Crippen LogP contribution in [0.1, 0.15) is 18.1 Å². The van der Waals surface area contributed by atoms with E-state index in [1.165, 1.54) is 56.5 Å². The first kappa shape index (κ1) is 41.5. The highest BCUT2D eigenvalue weighted by atomic mass is 16.8. The van der Waals surface area contributed by atoms with Gasteiger partial charge in [-0.15, -0.1) is 0 Å². The van der Waals surface area contributed by atoms with Crippen molar-refractivity contribution in [2.75, 3.05) is 33.5 Å². The zero-order valence-electron chi connectivity index (χ0n) is 29.2. The van der Waals surface area contributed by atoms with Crippen LogP contribution < -0.4 is 4.74 Å². The molecule has 0 amide bonds. The summed E-state index contributed by atoms with van der Waals surface area (Å²) in [5.41, 5.74) is -1.08. The molecule has 19 heteroatoms. The van der Waals surface area contributed by atoms with Crippen LogP contribution in [0.3, 0.4) is 0 Å². The lowest BCUT2D eigenvalue weighted by Gasteiger charge is -2.46. The Labute approximate surface area is 308 Å². The number of aliphatic hydroxyl groups is 7. The number of benzene rings is 2. The summed E-state index contributed by atoms with van der Waals surface area (Å²) in [4.78, 5) is 13.3. The van der Waals surface area contributed by atoms with Crippen LogP contribution >= 0.6 is 0 Å². The zero-order chi connectivity index (χ0) is 39.3. The summed E-state index contributed by atoms with van der Waals surface area (Å²) >= 11 is 0. The van der Waals surface area contributed by atoms with Gasteiger partial charge in [-0.1, -0.05) is 12.1 Å². The number of ether oxygens (including phenoxy) is 8. The molecule has 19 nitrogen and oxygen atoms in total. The van der Waals surface area contributed by atoms with Gasteiger partial charge in [0, 0.05) is 6.08 Å². The van der Waals surface area contributed by atoms with Gasteiger partial charge in [0.2, 0.25) is 0 Å². The predicted octanol–water partition coefficient (Wildman–Crippen LogP) is -2.25. The van der Waals surface area contributed by atoms with Crippen LogP contribution in [0, 0.1) is 0 Å². The highest BCUT2D eigenvalue weighted by Gasteiger charge is 2.54. The molecule has 10 N–H and O–H groups in total. The molecule has 3 fully saturated rings. The number of phenolic OH excluding ortho intramolecular Hbond substituents is 3. The van der Waals surface area contributed by atoms with E-state index in [4.69, 9.17) is 37.9 Å². The summed E-state index contributed by atoms with van der Waals surface area (Å²) in [5.74, 6) is -1.72. The van der Waals surface area contributed by atoms with Gasteiger partial charge in [-0.25, -0.2) is 4.79 Å². The maximum atomic E-state index is 13.3. The molecule has 3 aliphatic rings. The first-order valence-corrected chi connectivity index (χ1v) is 17.0. The number of rotatable bonds is 14. The van der Waals surface area contributed by atoms with Gasteiger partial charge in [0.15, 0.2) is 48.0 Å². The normalized spacial score (nSPS) is 35.6. The van der Waals surface area contributed by atoms with Crippen LogP contribution in [-0.2, 0) is 44.4 Å². The average Bonchev–Trinajstić information content (AvgIpc) is 3.44. The third-order valence-corrected chi connectivity index (χ3v) is 9.30. The van der Waals surface area contributed by atoms with Crippen molar-refractivity contribution in [1.82, 2.24) is 0 Å². The molecule has 0 unspecified atom stereocenters. The molecule has 0 saturated carbocycles. The lowest BCUT2D eigenvalue weighted by Crippen LogP contribution is -2.65. The van der Waals surface area contributed by atoms with E-state index in [9.17, 15) is 55.9 Å². The minimum absolute atomic E-state index is 0.130. The van der Waals surface area contributed by atoms with Crippen LogP contribution in [0.5, 0.6) is 23.0 Å². The average molecular weight is 771 g/mol. The quantitative estimate of drug-likeness (QED) is 0.0552. The predicted molar refractivity (Wildman–Crippen MR) is 179 cm³/mol. The molecular formula is C35H46O19. The standard InChI is InChI=1S/C35H46O19/c1-16-25(41)26(42)27(43)33(51-16)54-30-28(44)32(48-10-9-18-3-6-19(37)21(39)11-18)52-23(13-49-34-31(45)35(46,14-36)15-50-34)29(30)53-24(40)8-5-17-4-7-20(38)22(12-17)47-2/h3-8,11-12,16,23,25-34,36-39,41-46H,9-10,13-15H2,1-2H3/b8-5+/t16-,23+,25-,26+,27+,28+,29+,30+,31-,32+,33-,34+,35+/m0/s1. The molecule has 2 aromatic rings. The molecule has 5 rings (SSSR count). The third kappa shape index (κ3) is 9.40. The van der Waals surface area contributed by atoms with Crippen molar-refractivity contribution in [3.63, 3.8) is 0 Å². The fraction of sp³-hybridized carbons (Fsp3) is 0.571. The minimum atomic E-state index is -2.04. The van der Waals surface area contributed by atoms with Gasteiger partial charge < -0.3 is 89.0 Å². The van der Waals surface area contributed by atoms with Gasteiger partial charge >= 0.3 is 5.97 Å². The lowest BCUT2D eigenvalue weighted by molar-refractivity contribution is -0.360. The Morgan fingerprint density at radius 1 is 0.870 bits per heavy atom. The maximum Gasteiger partial charge on any atom is 0.331 e. The second kappa shape index (κ2) is 17.9. The summed E-state index contributed by atoms with van der Waals surface area (Å²) in [6.07, 6.45) is -16.6. The van der Waals surface area contributed by atoms with Crippen LogP contribution in [0.2, 0.25) is 0 Å². The number of phenols is 3. The fourth-order valence-corrected chi connectivity index (χ4v) is 6.02. The van der Waals surface area contributed by atoms with Crippen molar-refractivity contribution in [2.45, 2.75) is 92.8 Å². The number of aromatic hydroxyl groups is 3. The minimum Gasteiger partial charge on any atom is -0.504 e. The van der Waals surface area contributed by atoms with Gasteiger partial charge in [-0.2, -0.15) is 0 Å². The molecule has 3 heterocycles. The van der Waals surface area contributed by atoms with E-state index in [1.807, 2.05) is 0 Å². The summed E-state index contributed by atoms with van der Waals surface area (Å²) in [6.45, 7) is -0.662. The Bertz CT molecular complexity index is 1590. The maximum absolute atomic E-state index is 13.3. The number of aliphatic hydroxyl groups excluding tert-OH is 6. The molecule has 300 valence electrons. The molecule has 2 aromatic carbocycles. The summed E-state index contributed by atoms with van der Waals surface area (Å²) < 4.78 is 45.4. The Balaban J connectivity index is 1.42. The van der Waals surface area contributed by atoms with E-state index in [0.29, 0.717) is 11.1 Å². The molecule has 3 aliphatic heterocycles. The Kier molecular flexibility index (Phi) is 13.7. The number of carbonyl (C=O) groups excluding carboxylic acids is 1. The molecule has 3 saturated heterocycles. The number of hydrogen-bond acceptors (Lipinski definition) is 19. The summed E-state index contributed by atoms with van der Waals surface area (Å²) in [7, 11) is 1.34. The monoisotopic (exact) mass is 770 g/mol. The molecule has 0 spiro atoms. The number of carbonyl (C=O) groups is 1. The topological polar surface area (TPSA) is 293 Å². The van der Waals surface area contributed by atoms with Crippen LogP contribution in [-0.4, -0.2) is 170 Å². The Morgan fingerprint density at radius 2 is 1.61 bits per heavy atom. The molecule has 0 aliphatic carbocycles. The lowest BCUT2D eigenvalue weighted by atomic mass is 9.96. The Hall–Kier alpha value is -3.67. The van der Waals surface area contributed by atoms with Crippen molar-refractivity contribution in [2.24, 2.45) is 0 Å². The van der Waals surface area contributed by atoms with Crippen LogP contribution in [0.4, 0.5) is 0 Å². The molecule has 0 aromatic heterocycles. The summed E-state index contributed by atoms with van der Waals surface area (Å²) in [5, 5.41) is 103. The van der Waals surface area contributed by atoms with Crippen molar-refractivity contribution in [3.8, 4) is 23.0 Å². The van der Waals surface area contributed by atoms with E-state index in [1.54, 1.807) is 0 Å². The van der Waals surface area contributed by atoms with Crippen molar-refractivity contribution in [3.05, 3.63) is 53.6 Å². The molecule has 0 bridgehead atoms. The van der Waals surface area contributed by atoms with Gasteiger partial charge in [0.05, 0.1) is 39.6 Å². The van der Waals surface area contributed by atoms with Crippen LogP contribution in [0.25, 0.3) is 6.08 Å². The molecule has 13 atom stereocenters. The van der Waals surface area contributed by atoms with E-state index in [2.05, 4.69) is 0 Å². The smallest absolute Gasteiger partial charge is 0.331 e. The molecule has 54 heavy (non-hydrogen) atoms. The van der Waals surface area contributed by atoms with Gasteiger partial charge in [0.25, 0.3) is 0 Å². The van der Waals surface area contributed by atoms with Crippen molar-refractivity contribution in [1.29, 1.82) is 0 Å². The van der Waals surface area contributed by atoms with Gasteiger partial charge in [-0.3, -0.25) is 0 Å². The first-order valence-electron chi connectivity index (χ1n) is 17.0. The first-order chi connectivity index (χ1) is 25.6. The zero-order valence-corrected chi connectivity index (χ0v) is 29.2. The fourth-order valence-electron chi connectivity index (χ4n) is 6.02. The Morgan fingerprint density at radius 3 is 2.30 bits per heavy atom. The summed E-state index contributed by atoms with van der Waals surface area (Å²) in [6, 6.07) is 8.39. The second-order valence-corrected chi connectivity index (χ2v) is 13.1. The van der Waals surface area contributed by atoms with E-state index >= 15 is 0 Å². The van der Waals surface area contributed by atoms with Gasteiger partial charge in [0.1, 0.15) is 48.3 Å². The SMILES string of the molecule is COc1cc(/C=C/C(=O)O[C@H]2[C@H](O[C@@H]3O[C@@H](C)[C@H](O)[C@@H](O)[C@H]3O)[C@@H](O)[C@H](OCCc3ccc(O)c(O)c3)O[C@@H]2CO[C@@H]2OC[C@](O)(CO)[C@H]2O)ccc1O. The van der Waals surface area contributed by atoms with E-state index < -0.39 is 105 Å². The molecule has 0 radical (unpaired) electrons. The second-order valence-electron chi connectivity index (χ2n) is 13.1. The number of methoxy groups -OCH3 is 1. The third-order valence-electron chi connectivity index (χ3n) is 9.30. The van der Waals surface area contributed by atoms with Crippen LogP contribution in [0.15, 0.2) is 42.5 Å². The largest absolute Gasteiger partial charge is 0.504 e. The van der Waals surface area contributed by atoms with Gasteiger partial charge in [-0.05, 0) is 54.8 Å². The van der Waals surface area contributed by atoms with Crippen molar-refractivity contribution < 1.29 is 93.8 Å². The number of esters is 1. The molecular weight excluding hydrogens is 724 g/mol. The number of hydrogen-bond donors (Lipinski definition) is 10. The van der Waals surface area contributed by atoms with E-state index in [0.717, 1.165) is 6.08 Å². The van der Waals surface area contributed by atoms with Crippen molar-refractivity contribution >= 4 is 12.0 Å². The highest BCUT2D eigenvalue weighted by molar-refractivity contribution is 5.87.